The molecule has 1 heterocycles. The third-order valence-electron chi connectivity index (χ3n) is 2.83. The van der Waals surface area contributed by atoms with Crippen LogP contribution in [0.3, 0.4) is 0 Å². The molecule has 0 aliphatic carbocycles. The number of rotatable bonds is 3. The van der Waals surface area contributed by atoms with Gasteiger partial charge in [-0.25, -0.2) is 9.07 Å². The molecule has 0 aliphatic heterocycles. The van der Waals surface area contributed by atoms with E-state index in [2.05, 4.69) is 10.3 Å². The first-order valence-corrected chi connectivity index (χ1v) is 5.54. The molecule has 1 aromatic carbocycles. The van der Waals surface area contributed by atoms with Crippen LogP contribution >= 0.6 is 0 Å². The molecule has 0 atom stereocenters. The Morgan fingerprint density at radius 1 is 1.41 bits per heavy atom. The number of aromatic nitrogens is 3. The number of halogens is 1. The summed E-state index contributed by atoms with van der Waals surface area (Å²) in [5.74, 6) is 0.207. The van der Waals surface area contributed by atoms with Crippen molar-refractivity contribution < 1.29 is 4.39 Å². The van der Waals surface area contributed by atoms with Gasteiger partial charge in [-0.05, 0) is 36.6 Å². The summed E-state index contributed by atoms with van der Waals surface area (Å²) in [7, 11) is 0. The van der Waals surface area contributed by atoms with E-state index < -0.39 is 0 Å². The lowest BCUT2D eigenvalue weighted by Gasteiger charge is -2.08. The van der Waals surface area contributed by atoms with Gasteiger partial charge in [0.15, 0.2) is 5.82 Å². The largest absolute Gasteiger partial charge is 0.381 e. The fraction of sp³-hybridized carbons (Fsp3) is 0.333. The third-order valence-corrected chi connectivity index (χ3v) is 2.83. The van der Waals surface area contributed by atoms with Gasteiger partial charge in [0.25, 0.3) is 0 Å². The molecular weight excluding hydrogens is 219 g/mol. The number of hydrogen-bond donors (Lipinski definition) is 1. The number of aryl methyl sites for hydroxylation is 1. The van der Waals surface area contributed by atoms with Crippen molar-refractivity contribution in [2.24, 2.45) is 0 Å². The van der Waals surface area contributed by atoms with E-state index in [0.717, 1.165) is 23.2 Å². The van der Waals surface area contributed by atoms with E-state index >= 15 is 0 Å². The Balaban J connectivity index is 2.34. The Bertz CT molecular complexity index is 533. The Morgan fingerprint density at radius 2 is 2.18 bits per heavy atom. The summed E-state index contributed by atoms with van der Waals surface area (Å²) in [4.78, 5) is 0. The lowest BCUT2D eigenvalue weighted by Crippen LogP contribution is -2.08. The van der Waals surface area contributed by atoms with Crippen molar-refractivity contribution in [2.45, 2.75) is 26.8 Å². The van der Waals surface area contributed by atoms with Gasteiger partial charge in [0, 0.05) is 0 Å². The predicted molar refractivity (Wildman–Crippen MR) is 64.1 cm³/mol. The molecular formula is C12H15FN4. The maximum atomic E-state index is 13.2. The minimum Gasteiger partial charge on any atom is -0.381 e. The minimum atomic E-state index is -0.239. The number of nitrogens with zero attached hydrogens (tertiary/aromatic N) is 3. The van der Waals surface area contributed by atoms with Crippen molar-refractivity contribution in [3.8, 4) is 0 Å². The molecule has 17 heavy (non-hydrogen) atoms. The fourth-order valence-corrected chi connectivity index (χ4v) is 1.81. The Labute approximate surface area is 99.2 Å². The normalized spacial score (nSPS) is 10.8. The SMILES string of the molecule is CCc1c(N)nnn1Cc1cc(F)ccc1C. The third kappa shape index (κ3) is 2.27. The highest BCUT2D eigenvalue weighted by molar-refractivity contribution is 5.34. The topological polar surface area (TPSA) is 56.7 Å². The van der Waals surface area contributed by atoms with E-state index in [1.54, 1.807) is 10.7 Å². The van der Waals surface area contributed by atoms with Crippen LogP contribution in [0.4, 0.5) is 10.2 Å². The predicted octanol–water partition coefficient (Wildman–Crippen LogP) is 1.92. The Kier molecular flexibility index (Phi) is 3.08. The maximum absolute atomic E-state index is 13.2. The summed E-state index contributed by atoms with van der Waals surface area (Å²) >= 11 is 0. The van der Waals surface area contributed by atoms with E-state index in [0.29, 0.717) is 12.4 Å². The van der Waals surface area contributed by atoms with E-state index in [-0.39, 0.29) is 5.82 Å². The first-order valence-electron chi connectivity index (χ1n) is 5.54. The van der Waals surface area contributed by atoms with Crippen LogP contribution in [0.15, 0.2) is 18.2 Å². The lowest BCUT2D eigenvalue weighted by molar-refractivity contribution is 0.602. The summed E-state index contributed by atoms with van der Waals surface area (Å²) in [6.07, 6.45) is 0.757. The number of anilines is 1. The molecule has 0 saturated carbocycles. The van der Waals surface area contributed by atoms with Crippen LogP contribution in [0.1, 0.15) is 23.7 Å². The molecule has 2 rings (SSSR count). The average molecular weight is 234 g/mol. The first-order chi connectivity index (χ1) is 8.11. The Morgan fingerprint density at radius 3 is 2.88 bits per heavy atom. The molecule has 4 nitrogen and oxygen atoms in total. The molecule has 0 amide bonds. The van der Waals surface area contributed by atoms with E-state index in [1.807, 2.05) is 13.8 Å². The second kappa shape index (κ2) is 4.53. The molecule has 0 fully saturated rings. The van der Waals surface area contributed by atoms with Gasteiger partial charge in [-0.15, -0.1) is 5.10 Å². The highest BCUT2D eigenvalue weighted by Crippen LogP contribution is 2.15. The van der Waals surface area contributed by atoms with Crippen molar-refractivity contribution >= 4 is 5.82 Å². The van der Waals surface area contributed by atoms with Gasteiger partial charge in [0.1, 0.15) is 5.82 Å². The standard InChI is InChI=1S/C12H15FN4/c1-3-11-12(14)15-16-17(11)7-9-6-10(13)5-4-8(9)2/h4-6H,3,7,14H2,1-2H3. The molecule has 0 bridgehead atoms. The summed E-state index contributed by atoms with van der Waals surface area (Å²) in [6.45, 7) is 4.43. The molecule has 2 aromatic rings. The van der Waals surface area contributed by atoms with Crippen molar-refractivity contribution in [3.63, 3.8) is 0 Å². The first kappa shape index (κ1) is 11.6. The van der Waals surface area contributed by atoms with Gasteiger partial charge in [-0.1, -0.05) is 18.2 Å². The van der Waals surface area contributed by atoms with Crippen LogP contribution in [0.25, 0.3) is 0 Å². The minimum absolute atomic E-state index is 0.239. The quantitative estimate of drug-likeness (QED) is 0.882. The zero-order valence-electron chi connectivity index (χ0n) is 9.94. The zero-order valence-corrected chi connectivity index (χ0v) is 9.94. The molecule has 0 saturated heterocycles. The Hall–Kier alpha value is -1.91. The molecule has 90 valence electrons. The van der Waals surface area contributed by atoms with E-state index in [4.69, 9.17) is 5.73 Å². The number of hydrogen-bond acceptors (Lipinski definition) is 3. The van der Waals surface area contributed by atoms with E-state index in [9.17, 15) is 4.39 Å². The summed E-state index contributed by atoms with van der Waals surface area (Å²) in [5, 5.41) is 7.80. The van der Waals surface area contributed by atoms with Crippen LogP contribution in [-0.4, -0.2) is 15.0 Å². The number of nitrogens with two attached hydrogens (primary N) is 1. The van der Waals surface area contributed by atoms with Gasteiger partial charge < -0.3 is 5.73 Å². The number of nitrogen functional groups attached to an aromatic ring is 1. The fourth-order valence-electron chi connectivity index (χ4n) is 1.81. The molecule has 0 spiro atoms. The monoisotopic (exact) mass is 234 g/mol. The van der Waals surface area contributed by atoms with E-state index in [1.165, 1.54) is 12.1 Å². The van der Waals surface area contributed by atoms with Gasteiger partial charge in [0.2, 0.25) is 0 Å². The number of benzene rings is 1. The molecule has 2 N–H and O–H groups in total. The molecule has 0 unspecified atom stereocenters. The highest BCUT2D eigenvalue weighted by atomic mass is 19.1. The van der Waals surface area contributed by atoms with Crippen LogP contribution < -0.4 is 5.73 Å². The highest BCUT2D eigenvalue weighted by Gasteiger charge is 2.09. The lowest BCUT2D eigenvalue weighted by atomic mass is 10.1. The van der Waals surface area contributed by atoms with Crippen molar-refractivity contribution in [1.82, 2.24) is 15.0 Å². The maximum Gasteiger partial charge on any atom is 0.169 e. The summed E-state index contributed by atoms with van der Waals surface area (Å²) in [5.41, 5.74) is 8.51. The smallest absolute Gasteiger partial charge is 0.169 e. The van der Waals surface area contributed by atoms with Crippen molar-refractivity contribution in [3.05, 3.63) is 40.8 Å². The zero-order chi connectivity index (χ0) is 12.4. The van der Waals surface area contributed by atoms with Crippen LogP contribution in [-0.2, 0) is 13.0 Å². The van der Waals surface area contributed by atoms with Crippen LogP contribution in [0, 0.1) is 12.7 Å². The van der Waals surface area contributed by atoms with Crippen molar-refractivity contribution in [1.29, 1.82) is 0 Å². The second-order valence-electron chi connectivity index (χ2n) is 4.00. The summed E-state index contributed by atoms with van der Waals surface area (Å²) < 4.78 is 14.9. The van der Waals surface area contributed by atoms with Gasteiger partial charge in [-0.2, -0.15) is 0 Å². The van der Waals surface area contributed by atoms with Crippen LogP contribution in [0.2, 0.25) is 0 Å². The van der Waals surface area contributed by atoms with Crippen molar-refractivity contribution in [2.75, 3.05) is 5.73 Å². The molecule has 0 aliphatic rings. The van der Waals surface area contributed by atoms with Gasteiger partial charge in [-0.3, -0.25) is 0 Å². The molecule has 1 aromatic heterocycles. The molecule has 5 heteroatoms. The summed E-state index contributed by atoms with van der Waals surface area (Å²) in [6, 6.07) is 4.73. The van der Waals surface area contributed by atoms with Crippen LogP contribution in [0.5, 0.6) is 0 Å². The van der Waals surface area contributed by atoms with Gasteiger partial charge >= 0.3 is 0 Å². The second-order valence-corrected chi connectivity index (χ2v) is 4.00. The average Bonchev–Trinajstić information content (AvgIpc) is 2.64. The van der Waals surface area contributed by atoms with Gasteiger partial charge in [0.05, 0.1) is 12.2 Å². The molecule has 0 radical (unpaired) electrons.